The summed E-state index contributed by atoms with van der Waals surface area (Å²) in [4.78, 5) is 0. The Kier molecular flexibility index (Phi) is 7.64. The van der Waals surface area contributed by atoms with E-state index in [-0.39, 0.29) is 20.9 Å². The van der Waals surface area contributed by atoms with Gasteiger partial charge in [-0.15, -0.1) is 0 Å². The molecule has 0 saturated heterocycles. The molecule has 0 N–H and O–H groups in total. The molecule has 0 atom stereocenters. The maximum atomic E-state index is 4.23. The SMILES string of the molecule is C=C(CCCCCCC)[Te]c1ccccc1. The van der Waals surface area contributed by atoms with E-state index in [1.807, 2.05) is 0 Å². The summed E-state index contributed by atoms with van der Waals surface area (Å²) in [6.45, 7) is 6.49. The second-order valence-electron chi connectivity index (χ2n) is 4.12. The van der Waals surface area contributed by atoms with Crippen molar-refractivity contribution in [3.05, 3.63) is 40.5 Å². The first kappa shape index (κ1) is 13.8. The molecule has 16 heavy (non-hydrogen) atoms. The van der Waals surface area contributed by atoms with Crippen LogP contribution in [0, 0.1) is 0 Å². The van der Waals surface area contributed by atoms with Gasteiger partial charge in [0.1, 0.15) is 0 Å². The van der Waals surface area contributed by atoms with Crippen molar-refractivity contribution in [1.29, 1.82) is 0 Å². The van der Waals surface area contributed by atoms with E-state index in [1.165, 1.54) is 45.8 Å². The summed E-state index contributed by atoms with van der Waals surface area (Å²) in [6, 6.07) is 10.8. The van der Waals surface area contributed by atoms with E-state index < -0.39 is 0 Å². The van der Waals surface area contributed by atoms with Gasteiger partial charge < -0.3 is 0 Å². The Morgan fingerprint density at radius 2 is 1.75 bits per heavy atom. The zero-order valence-electron chi connectivity index (χ0n) is 10.2. The van der Waals surface area contributed by atoms with Crippen LogP contribution in [0.3, 0.4) is 0 Å². The Labute approximate surface area is 110 Å². The summed E-state index contributed by atoms with van der Waals surface area (Å²) < 4.78 is 3.03. The summed E-state index contributed by atoms with van der Waals surface area (Å²) in [6.07, 6.45) is 8.10. The van der Waals surface area contributed by atoms with E-state index >= 15 is 0 Å². The van der Waals surface area contributed by atoms with Crippen LogP contribution in [0.4, 0.5) is 0 Å². The summed E-state index contributed by atoms with van der Waals surface area (Å²) >= 11 is -0.140. The quantitative estimate of drug-likeness (QED) is 0.501. The summed E-state index contributed by atoms with van der Waals surface area (Å²) in [5.41, 5.74) is 0. The zero-order chi connectivity index (χ0) is 11.6. The van der Waals surface area contributed by atoms with Crippen molar-refractivity contribution in [2.24, 2.45) is 0 Å². The number of hydrogen-bond acceptors (Lipinski definition) is 0. The molecule has 0 aliphatic heterocycles. The van der Waals surface area contributed by atoms with Crippen molar-refractivity contribution in [3.63, 3.8) is 0 Å². The number of rotatable bonds is 8. The molecule has 0 fully saturated rings. The normalized spacial score (nSPS) is 10.3. The molecule has 0 unspecified atom stereocenters. The van der Waals surface area contributed by atoms with Crippen molar-refractivity contribution in [2.75, 3.05) is 0 Å². The Morgan fingerprint density at radius 3 is 2.44 bits per heavy atom. The van der Waals surface area contributed by atoms with E-state index in [4.69, 9.17) is 0 Å². The van der Waals surface area contributed by atoms with E-state index in [1.54, 1.807) is 0 Å². The molecule has 0 heterocycles. The third-order valence-electron chi connectivity index (χ3n) is 2.56. The Balaban J connectivity index is 2.12. The monoisotopic (exact) mass is 332 g/mol. The van der Waals surface area contributed by atoms with E-state index in [9.17, 15) is 0 Å². The summed E-state index contributed by atoms with van der Waals surface area (Å²) in [5, 5.41) is 0. The van der Waals surface area contributed by atoms with Gasteiger partial charge in [-0.1, -0.05) is 0 Å². The molecular formula is C15H22Te. The predicted octanol–water partition coefficient (Wildman–Crippen LogP) is 3.89. The fourth-order valence-corrected chi connectivity index (χ4v) is 4.12. The van der Waals surface area contributed by atoms with E-state index in [0.29, 0.717) is 0 Å². The molecule has 1 aromatic carbocycles. The molecule has 0 saturated carbocycles. The van der Waals surface area contributed by atoms with E-state index in [0.717, 1.165) is 0 Å². The molecule has 1 rings (SSSR count). The molecule has 0 aromatic heterocycles. The van der Waals surface area contributed by atoms with Gasteiger partial charge in [0.25, 0.3) is 0 Å². The fourth-order valence-electron chi connectivity index (χ4n) is 1.63. The van der Waals surface area contributed by atoms with Gasteiger partial charge in [0.05, 0.1) is 0 Å². The van der Waals surface area contributed by atoms with Crippen molar-refractivity contribution < 1.29 is 0 Å². The van der Waals surface area contributed by atoms with Crippen molar-refractivity contribution in [3.8, 4) is 0 Å². The number of benzene rings is 1. The van der Waals surface area contributed by atoms with E-state index in [2.05, 4.69) is 43.8 Å². The standard InChI is InChI=1S/C15H22Te/c1-3-4-5-6-8-11-14(2)16-15-12-9-7-10-13-15/h7,9-10,12-13H,2-6,8,11H2,1H3. The molecule has 1 heteroatoms. The van der Waals surface area contributed by atoms with Gasteiger partial charge in [-0.2, -0.15) is 0 Å². The van der Waals surface area contributed by atoms with Crippen molar-refractivity contribution >= 4 is 24.5 Å². The maximum absolute atomic E-state index is 4.23. The zero-order valence-corrected chi connectivity index (χ0v) is 12.6. The average molecular weight is 330 g/mol. The molecule has 0 bridgehead atoms. The minimum atomic E-state index is -0.140. The van der Waals surface area contributed by atoms with Gasteiger partial charge in [-0.25, -0.2) is 0 Å². The first-order chi connectivity index (χ1) is 7.83. The van der Waals surface area contributed by atoms with Gasteiger partial charge in [0.15, 0.2) is 0 Å². The van der Waals surface area contributed by atoms with Crippen LogP contribution in [0.5, 0.6) is 0 Å². The number of allylic oxidation sites excluding steroid dienone is 1. The Bertz CT molecular complexity index is 290. The third-order valence-corrected chi connectivity index (χ3v) is 5.42. The van der Waals surface area contributed by atoms with Gasteiger partial charge >= 0.3 is 111 Å². The van der Waals surface area contributed by atoms with Gasteiger partial charge in [-0.05, 0) is 0 Å². The molecule has 0 nitrogen and oxygen atoms in total. The Morgan fingerprint density at radius 1 is 1.06 bits per heavy atom. The molecule has 88 valence electrons. The van der Waals surface area contributed by atoms with Crippen LogP contribution in [0.1, 0.15) is 45.4 Å². The topological polar surface area (TPSA) is 0 Å². The van der Waals surface area contributed by atoms with Crippen molar-refractivity contribution in [2.45, 2.75) is 45.4 Å². The van der Waals surface area contributed by atoms with Crippen LogP contribution < -0.4 is 3.61 Å². The molecule has 0 radical (unpaired) electrons. The van der Waals surface area contributed by atoms with Gasteiger partial charge in [0, 0.05) is 0 Å². The minimum absolute atomic E-state index is 0.140. The number of hydrogen-bond donors (Lipinski definition) is 0. The van der Waals surface area contributed by atoms with Crippen LogP contribution in [0.15, 0.2) is 40.5 Å². The van der Waals surface area contributed by atoms with Crippen LogP contribution in [0.2, 0.25) is 0 Å². The van der Waals surface area contributed by atoms with Crippen molar-refractivity contribution in [1.82, 2.24) is 0 Å². The van der Waals surface area contributed by atoms with Crippen LogP contribution >= 0.6 is 0 Å². The van der Waals surface area contributed by atoms with Gasteiger partial charge in [0.2, 0.25) is 0 Å². The molecule has 1 aromatic rings. The van der Waals surface area contributed by atoms with Crippen LogP contribution in [0.25, 0.3) is 0 Å². The summed E-state index contributed by atoms with van der Waals surface area (Å²) in [7, 11) is 0. The molecule has 0 aliphatic carbocycles. The van der Waals surface area contributed by atoms with Crippen LogP contribution in [-0.4, -0.2) is 20.9 Å². The van der Waals surface area contributed by atoms with Crippen LogP contribution in [-0.2, 0) is 0 Å². The summed E-state index contributed by atoms with van der Waals surface area (Å²) in [5.74, 6) is 0. The molecule has 0 amide bonds. The second kappa shape index (κ2) is 8.85. The first-order valence-electron chi connectivity index (χ1n) is 6.23. The third kappa shape index (κ3) is 6.36. The number of unbranched alkanes of at least 4 members (excludes halogenated alkanes) is 4. The van der Waals surface area contributed by atoms with Gasteiger partial charge in [-0.3, -0.25) is 0 Å². The molecular weight excluding hydrogens is 308 g/mol. The molecule has 0 aliphatic rings. The first-order valence-corrected chi connectivity index (χ1v) is 8.56. The Hall–Kier alpha value is -0.250. The second-order valence-corrected chi connectivity index (χ2v) is 7.69. The molecule has 0 spiro atoms. The predicted molar refractivity (Wildman–Crippen MR) is 74.3 cm³/mol. The average Bonchev–Trinajstić information content (AvgIpc) is 2.30. The fraction of sp³-hybridized carbons (Fsp3) is 0.467.